The number of carbonyl (C=O) groups is 3. The number of carbonyl (C=O) groups excluding carboxylic acids is 3. The van der Waals surface area contributed by atoms with E-state index in [1.807, 2.05) is 0 Å². The molecule has 32 heavy (non-hydrogen) atoms. The smallest absolute Gasteiger partial charge is 0.254 e. The number of thiazole rings is 1. The summed E-state index contributed by atoms with van der Waals surface area (Å²) in [7, 11) is 0. The topological polar surface area (TPSA) is 91.4 Å². The van der Waals surface area contributed by atoms with Gasteiger partial charge in [0, 0.05) is 23.0 Å². The van der Waals surface area contributed by atoms with E-state index >= 15 is 0 Å². The van der Waals surface area contributed by atoms with Gasteiger partial charge < -0.3 is 15.5 Å². The molecule has 1 aliphatic carbocycles. The van der Waals surface area contributed by atoms with Gasteiger partial charge in [-0.05, 0) is 51.0 Å². The van der Waals surface area contributed by atoms with Crippen molar-refractivity contribution in [3.63, 3.8) is 0 Å². The van der Waals surface area contributed by atoms with Crippen molar-refractivity contribution < 1.29 is 18.8 Å². The highest BCUT2D eigenvalue weighted by molar-refractivity contribution is 7.13. The first-order valence-electron chi connectivity index (χ1n) is 10.9. The third-order valence-corrected chi connectivity index (χ3v) is 6.21. The fourth-order valence-corrected chi connectivity index (χ4v) is 4.42. The van der Waals surface area contributed by atoms with Crippen molar-refractivity contribution in [1.29, 1.82) is 0 Å². The number of hydrogen-bond donors (Lipinski definition) is 2. The summed E-state index contributed by atoms with van der Waals surface area (Å²) in [5, 5.41) is 7.89. The minimum atomic E-state index is -0.428. The summed E-state index contributed by atoms with van der Waals surface area (Å²) in [5.74, 6) is -1.23. The second kappa shape index (κ2) is 11.2. The number of aromatic nitrogens is 1. The van der Waals surface area contributed by atoms with Crippen LogP contribution in [0.3, 0.4) is 0 Å². The van der Waals surface area contributed by atoms with Crippen molar-refractivity contribution in [2.45, 2.75) is 64.5 Å². The highest BCUT2D eigenvalue weighted by Crippen LogP contribution is 2.19. The first kappa shape index (κ1) is 23.8. The van der Waals surface area contributed by atoms with Crippen LogP contribution < -0.4 is 10.6 Å². The molecule has 1 heterocycles. The van der Waals surface area contributed by atoms with E-state index in [0.717, 1.165) is 25.7 Å². The van der Waals surface area contributed by atoms with Crippen molar-refractivity contribution in [2.75, 3.05) is 11.9 Å². The molecule has 172 valence electrons. The standard InChI is InChI=1S/C23H29FN4O3S/c1-15(2)28(22(31)16-8-10-17(24)11-9-16)13-21(30)27-23-26-19(14-32-23)12-20(29)25-18-6-4-3-5-7-18/h8-11,14-15,18H,3-7,12-13H2,1-2H3,(H,25,29)(H,26,27,30). The van der Waals surface area contributed by atoms with Crippen LogP contribution in [0.1, 0.15) is 62.0 Å². The van der Waals surface area contributed by atoms with Crippen LogP contribution in [-0.4, -0.2) is 46.2 Å². The van der Waals surface area contributed by atoms with Gasteiger partial charge in [-0.1, -0.05) is 19.3 Å². The summed E-state index contributed by atoms with van der Waals surface area (Å²) < 4.78 is 13.1. The number of nitrogens with one attached hydrogen (secondary N) is 2. The Morgan fingerprint density at radius 1 is 1.12 bits per heavy atom. The molecular weight excluding hydrogens is 431 g/mol. The molecule has 3 rings (SSSR count). The van der Waals surface area contributed by atoms with Gasteiger partial charge in [-0.15, -0.1) is 11.3 Å². The van der Waals surface area contributed by atoms with Crippen molar-refractivity contribution in [3.8, 4) is 0 Å². The Morgan fingerprint density at radius 3 is 2.47 bits per heavy atom. The molecule has 2 N–H and O–H groups in total. The molecule has 0 aliphatic heterocycles. The van der Waals surface area contributed by atoms with Crippen molar-refractivity contribution in [2.24, 2.45) is 0 Å². The van der Waals surface area contributed by atoms with E-state index in [-0.39, 0.29) is 42.8 Å². The number of hydrogen-bond acceptors (Lipinski definition) is 5. The average molecular weight is 461 g/mol. The lowest BCUT2D eigenvalue weighted by Gasteiger charge is -2.26. The van der Waals surface area contributed by atoms with Gasteiger partial charge in [0.1, 0.15) is 12.4 Å². The summed E-state index contributed by atoms with van der Waals surface area (Å²) in [6.07, 6.45) is 5.74. The van der Waals surface area contributed by atoms with E-state index in [4.69, 9.17) is 0 Å². The van der Waals surface area contributed by atoms with Crippen LogP contribution >= 0.6 is 11.3 Å². The van der Waals surface area contributed by atoms with Gasteiger partial charge in [-0.2, -0.15) is 0 Å². The first-order chi connectivity index (χ1) is 15.3. The lowest BCUT2D eigenvalue weighted by molar-refractivity contribution is -0.121. The van der Waals surface area contributed by atoms with Crippen LogP contribution in [0.15, 0.2) is 29.6 Å². The molecule has 7 nitrogen and oxygen atoms in total. The predicted octanol–water partition coefficient (Wildman–Crippen LogP) is 3.76. The number of rotatable bonds is 8. The molecular formula is C23H29FN4O3S. The highest BCUT2D eigenvalue weighted by atomic mass is 32.1. The Bertz CT molecular complexity index is 939. The van der Waals surface area contributed by atoms with Gasteiger partial charge in [0.2, 0.25) is 11.8 Å². The van der Waals surface area contributed by atoms with Crippen molar-refractivity contribution >= 4 is 34.2 Å². The maximum absolute atomic E-state index is 13.1. The number of anilines is 1. The molecule has 2 aromatic rings. The van der Waals surface area contributed by atoms with E-state index < -0.39 is 5.82 Å². The van der Waals surface area contributed by atoms with Crippen LogP contribution in [-0.2, 0) is 16.0 Å². The summed E-state index contributed by atoms with van der Waals surface area (Å²) in [6.45, 7) is 3.45. The van der Waals surface area contributed by atoms with Crippen LogP contribution in [0.2, 0.25) is 0 Å². The van der Waals surface area contributed by atoms with E-state index in [1.165, 1.54) is 46.9 Å². The van der Waals surface area contributed by atoms with Gasteiger partial charge in [0.25, 0.3) is 5.91 Å². The Balaban J connectivity index is 1.53. The van der Waals surface area contributed by atoms with Crippen LogP contribution in [0.5, 0.6) is 0 Å². The molecule has 1 saturated carbocycles. The summed E-state index contributed by atoms with van der Waals surface area (Å²) in [6, 6.07) is 5.25. The molecule has 1 aromatic carbocycles. The number of benzene rings is 1. The maximum Gasteiger partial charge on any atom is 0.254 e. The average Bonchev–Trinajstić information content (AvgIpc) is 3.19. The Morgan fingerprint density at radius 2 is 1.81 bits per heavy atom. The Labute approximate surface area is 191 Å². The van der Waals surface area contributed by atoms with Crippen LogP contribution in [0.25, 0.3) is 0 Å². The van der Waals surface area contributed by atoms with Gasteiger partial charge >= 0.3 is 0 Å². The van der Waals surface area contributed by atoms with E-state index in [1.54, 1.807) is 19.2 Å². The second-order valence-electron chi connectivity index (χ2n) is 8.31. The SMILES string of the molecule is CC(C)N(CC(=O)Nc1nc(CC(=O)NC2CCCCC2)cs1)C(=O)c1ccc(F)cc1. The molecule has 0 radical (unpaired) electrons. The predicted molar refractivity (Wildman–Crippen MR) is 122 cm³/mol. The zero-order valence-corrected chi connectivity index (χ0v) is 19.2. The van der Waals surface area contributed by atoms with Crippen molar-refractivity contribution in [3.05, 3.63) is 46.7 Å². The van der Waals surface area contributed by atoms with Crippen LogP contribution in [0, 0.1) is 5.82 Å². The fraction of sp³-hybridized carbons (Fsp3) is 0.478. The Kier molecular flexibility index (Phi) is 8.33. The summed E-state index contributed by atoms with van der Waals surface area (Å²) in [5.41, 5.74) is 0.912. The second-order valence-corrected chi connectivity index (χ2v) is 9.16. The Hall–Kier alpha value is -2.81. The normalized spacial score (nSPS) is 14.2. The van der Waals surface area contributed by atoms with Crippen molar-refractivity contribution in [1.82, 2.24) is 15.2 Å². The zero-order valence-electron chi connectivity index (χ0n) is 18.4. The van der Waals surface area contributed by atoms with Gasteiger partial charge in [-0.25, -0.2) is 9.37 Å². The van der Waals surface area contributed by atoms with Crippen LogP contribution in [0.4, 0.5) is 9.52 Å². The molecule has 0 spiro atoms. The van der Waals surface area contributed by atoms with E-state index in [2.05, 4.69) is 15.6 Å². The highest BCUT2D eigenvalue weighted by Gasteiger charge is 2.22. The molecule has 1 aliphatic rings. The molecule has 0 atom stereocenters. The molecule has 3 amide bonds. The van der Waals surface area contributed by atoms with E-state index in [9.17, 15) is 18.8 Å². The number of amides is 3. The third kappa shape index (κ3) is 6.85. The largest absolute Gasteiger partial charge is 0.353 e. The van der Waals surface area contributed by atoms with Gasteiger partial charge in [-0.3, -0.25) is 14.4 Å². The molecule has 0 unspecified atom stereocenters. The lowest BCUT2D eigenvalue weighted by atomic mass is 9.95. The zero-order chi connectivity index (χ0) is 23.1. The molecule has 1 aromatic heterocycles. The van der Waals surface area contributed by atoms with E-state index in [0.29, 0.717) is 16.4 Å². The summed E-state index contributed by atoms with van der Waals surface area (Å²) in [4.78, 5) is 43.3. The molecule has 0 bridgehead atoms. The third-order valence-electron chi connectivity index (χ3n) is 5.40. The molecule has 0 saturated heterocycles. The van der Waals surface area contributed by atoms with Gasteiger partial charge in [0.15, 0.2) is 5.13 Å². The minimum Gasteiger partial charge on any atom is -0.353 e. The molecule has 1 fully saturated rings. The number of halogens is 1. The molecule has 9 heteroatoms. The monoisotopic (exact) mass is 460 g/mol. The number of nitrogens with zero attached hydrogens (tertiary/aromatic N) is 2. The minimum absolute atomic E-state index is 0.0593. The summed E-state index contributed by atoms with van der Waals surface area (Å²) >= 11 is 1.24. The fourth-order valence-electron chi connectivity index (χ4n) is 3.70. The maximum atomic E-state index is 13.1. The first-order valence-corrected chi connectivity index (χ1v) is 11.8. The van der Waals surface area contributed by atoms with Gasteiger partial charge in [0.05, 0.1) is 12.1 Å². The lowest BCUT2D eigenvalue weighted by Crippen LogP contribution is -2.42. The quantitative estimate of drug-likeness (QED) is 0.628.